The van der Waals surface area contributed by atoms with Crippen molar-refractivity contribution in [2.45, 2.75) is 45.4 Å². The maximum atomic E-state index is 12.2. The molecular formula is C15H26N2O3. The number of hydrogen-bond acceptors (Lipinski definition) is 2. The molecule has 2 aliphatic rings. The van der Waals surface area contributed by atoms with Gasteiger partial charge in [0.2, 0.25) is 0 Å². The fourth-order valence-corrected chi connectivity index (χ4v) is 2.45. The molecule has 2 fully saturated rings. The highest BCUT2D eigenvalue weighted by molar-refractivity contribution is 5.76. The quantitative estimate of drug-likeness (QED) is 0.682. The van der Waals surface area contributed by atoms with Gasteiger partial charge in [0.1, 0.15) is 0 Å². The molecule has 0 radical (unpaired) electrons. The van der Waals surface area contributed by atoms with E-state index in [1.54, 1.807) is 0 Å². The van der Waals surface area contributed by atoms with Crippen molar-refractivity contribution < 1.29 is 14.7 Å². The molecule has 0 aromatic heterocycles. The summed E-state index contributed by atoms with van der Waals surface area (Å²) in [4.78, 5) is 25.2. The molecule has 0 bridgehead atoms. The van der Waals surface area contributed by atoms with Gasteiger partial charge in [0, 0.05) is 19.6 Å². The molecule has 0 aromatic carbocycles. The van der Waals surface area contributed by atoms with Crippen LogP contribution in [0.2, 0.25) is 0 Å². The lowest BCUT2D eigenvalue weighted by molar-refractivity contribution is -0.141. The van der Waals surface area contributed by atoms with Gasteiger partial charge in [-0.25, -0.2) is 4.79 Å². The summed E-state index contributed by atoms with van der Waals surface area (Å²) < 4.78 is 0. The normalized spacial score (nSPS) is 19.4. The number of rotatable bonds is 9. The Bertz CT molecular complexity index is 337. The van der Waals surface area contributed by atoms with Crippen LogP contribution in [0.5, 0.6) is 0 Å². The second-order valence-electron chi connectivity index (χ2n) is 6.30. The van der Waals surface area contributed by atoms with Gasteiger partial charge in [-0.1, -0.05) is 13.3 Å². The van der Waals surface area contributed by atoms with E-state index in [1.807, 2.05) is 11.8 Å². The van der Waals surface area contributed by atoms with Gasteiger partial charge in [-0.3, -0.25) is 4.79 Å². The summed E-state index contributed by atoms with van der Waals surface area (Å²) in [5, 5.41) is 11.9. The van der Waals surface area contributed by atoms with E-state index in [-0.39, 0.29) is 12.6 Å². The lowest BCUT2D eigenvalue weighted by Gasteiger charge is -2.24. The number of nitrogens with zero attached hydrogens (tertiary/aromatic N) is 1. The lowest BCUT2D eigenvalue weighted by atomic mass is 10.0. The zero-order valence-corrected chi connectivity index (χ0v) is 12.3. The highest BCUT2D eigenvalue weighted by atomic mass is 16.4. The first-order valence-electron chi connectivity index (χ1n) is 7.85. The SMILES string of the molecule is CCCC(CNC(=O)N(CC1CC1)CC1CC1)C(=O)O. The average molecular weight is 282 g/mol. The second-order valence-corrected chi connectivity index (χ2v) is 6.30. The van der Waals surface area contributed by atoms with Gasteiger partial charge < -0.3 is 15.3 Å². The molecule has 20 heavy (non-hydrogen) atoms. The fraction of sp³-hybridized carbons (Fsp3) is 0.867. The molecule has 2 saturated carbocycles. The van der Waals surface area contributed by atoms with E-state index in [0.29, 0.717) is 18.3 Å². The molecule has 114 valence electrons. The summed E-state index contributed by atoms with van der Waals surface area (Å²) >= 11 is 0. The van der Waals surface area contributed by atoms with E-state index < -0.39 is 11.9 Å². The smallest absolute Gasteiger partial charge is 0.317 e. The molecule has 2 N–H and O–H groups in total. The summed E-state index contributed by atoms with van der Waals surface area (Å²) in [5.41, 5.74) is 0. The van der Waals surface area contributed by atoms with Crippen molar-refractivity contribution >= 4 is 12.0 Å². The minimum atomic E-state index is -0.817. The number of carbonyl (C=O) groups excluding carboxylic acids is 1. The highest BCUT2D eigenvalue weighted by Gasteiger charge is 2.31. The maximum Gasteiger partial charge on any atom is 0.317 e. The number of carbonyl (C=O) groups is 2. The molecule has 5 nitrogen and oxygen atoms in total. The van der Waals surface area contributed by atoms with Gasteiger partial charge in [-0.15, -0.1) is 0 Å². The van der Waals surface area contributed by atoms with E-state index >= 15 is 0 Å². The van der Waals surface area contributed by atoms with Crippen LogP contribution in [-0.4, -0.2) is 41.6 Å². The Hall–Kier alpha value is -1.26. The van der Waals surface area contributed by atoms with Gasteiger partial charge in [0.25, 0.3) is 0 Å². The molecule has 0 saturated heterocycles. The summed E-state index contributed by atoms with van der Waals surface area (Å²) in [5.74, 6) is 0.0616. The van der Waals surface area contributed by atoms with Gasteiger partial charge in [-0.05, 0) is 43.9 Å². The van der Waals surface area contributed by atoms with Crippen LogP contribution in [0, 0.1) is 17.8 Å². The van der Waals surface area contributed by atoms with Crippen LogP contribution in [0.3, 0.4) is 0 Å². The Labute approximate surface area is 120 Å². The second kappa shape index (κ2) is 6.95. The van der Waals surface area contributed by atoms with Crippen LogP contribution in [0.1, 0.15) is 45.4 Å². The minimum Gasteiger partial charge on any atom is -0.481 e. The molecular weight excluding hydrogens is 256 g/mol. The number of hydrogen-bond donors (Lipinski definition) is 2. The van der Waals surface area contributed by atoms with E-state index in [1.165, 1.54) is 25.7 Å². The monoisotopic (exact) mass is 282 g/mol. The molecule has 5 heteroatoms. The van der Waals surface area contributed by atoms with Crippen LogP contribution >= 0.6 is 0 Å². The van der Waals surface area contributed by atoms with Crippen LogP contribution in [0.25, 0.3) is 0 Å². The number of urea groups is 1. The molecule has 0 spiro atoms. The molecule has 1 atom stereocenters. The summed E-state index contributed by atoms with van der Waals surface area (Å²) in [6.45, 7) is 3.89. The topological polar surface area (TPSA) is 69.6 Å². The van der Waals surface area contributed by atoms with Crippen LogP contribution in [0.4, 0.5) is 4.79 Å². The first-order valence-corrected chi connectivity index (χ1v) is 7.85. The summed E-state index contributed by atoms with van der Waals surface area (Å²) in [7, 11) is 0. The van der Waals surface area contributed by atoms with Crippen molar-refractivity contribution in [3.8, 4) is 0 Å². The predicted octanol–water partition coefficient (Wildman–Crippen LogP) is 2.32. The van der Waals surface area contributed by atoms with E-state index in [2.05, 4.69) is 5.32 Å². The third kappa shape index (κ3) is 5.02. The van der Waals surface area contributed by atoms with Gasteiger partial charge in [0.15, 0.2) is 0 Å². The zero-order valence-electron chi connectivity index (χ0n) is 12.3. The number of carboxylic acid groups (broad SMARTS) is 1. The Morgan fingerprint density at radius 1 is 1.20 bits per heavy atom. The number of carboxylic acids is 1. The van der Waals surface area contributed by atoms with Crippen molar-refractivity contribution in [3.05, 3.63) is 0 Å². The fourth-order valence-electron chi connectivity index (χ4n) is 2.45. The van der Waals surface area contributed by atoms with Gasteiger partial charge in [0.05, 0.1) is 5.92 Å². The molecule has 0 aromatic rings. The summed E-state index contributed by atoms with van der Waals surface area (Å²) in [6, 6.07) is -0.0776. The van der Waals surface area contributed by atoms with E-state index in [9.17, 15) is 9.59 Å². The van der Waals surface area contributed by atoms with Crippen LogP contribution in [-0.2, 0) is 4.79 Å². The average Bonchev–Trinajstić information content (AvgIpc) is 3.27. The van der Waals surface area contributed by atoms with Crippen molar-refractivity contribution in [3.63, 3.8) is 0 Å². The standard InChI is InChI=1S/C15H26N2O3/c1-2-3-13(14(18)19)8-16-15(20)17(9-11-4-5-11)10-12-6-7-12/h11-13H,2-10H2,1H3,(H,16,20)(H,18,19). The summed E-state index contributed by atoms with van der Waals surface area (Å²) in [6.07, 6.45) is 6.33. The van der Waals surface area contributed by atoms with Crippen LogP contribution in [0.15, 0.2) is 0 Å². The third-order valence-electron chi connectivity index (χ3n) is 4.12. The van der Waals surface area contributed by atoms with Gasteiger partial charge in [-0.2, -0.15) is 0 Å². The predicted molar refractivity (Wildman–Crippen MR) is 76.5 cm³/mol. The van der Waals surface area contributed by atoms with Crippen molar-refractivity contribution in [2.75, 3.05) is 19.6 Å². The van der Waals surface area contributed by atoms with E-state index in [0.717, 1.165) is 19.5 Å². The van der Waals surface area contributed by atoms with Gasteiger partial charge >= 0.3 is 12.0 Å². The molecule has 2 aliphatic carbocycles. The Morgan fingerprint density at radius 3 is 2.15 bits per heavy atom. The van der Waals surface area contributed by atoms with Crippen molar-refractivity contribution in [1.82, 2.24) is 10.2 Å². The molecule has 1 unspecified atom stereocenters. The molecule has 2 amide bonds. The largest absolute Gasteiger partial charge is 0.481 e. The first kappa shape index (κ1) is 15.1. The first-order chi connectivity index (χ1) is 9.60. The lowest BCUT2D eigenvalue weighted by Crippen LogP contribution is -2.44. The highest BCUT2D eigenvalue weighted by Crippen LogP contribution is 2.33. The minimum absolute atomic E-state index is 0.0776. The third-order valence-corrected chi connectivity index (χ3v) is 4.12. The number of amides is 2. The molecule has 0 heterocycles. The number of nitrogens with one attached hydrogen (secondary N) is 1. The number of aliphatic carboxylic acids is 1. The molecule has 0 aliphatic heterocycles. The maximum absolute atomic E-state index is 12.2. The van der Waals surface area contributed by atoms with Crippen molar-refractivity contribution in [1.29, 1.82) is 0 Å². The zero-order chi connectivity index (χ0) is 14.5. The van der Waals surface area contributed by atoms with Crippen LogP contribution < -0.4 is 5.32 Å². The molecule has 2 rings (SSSR count). The Kier molecular flexibility index (Phi) is 5.26. The van der Waals surface area contributed by atoms with Crippen molar-refractivity contribution in [2.24, 2.45) is 17.8 Å². The Balaban J connectivity index is 1.78. The van der Waals surface area contributed by atoms with E-state index in [4.69, 9.17) is 5.11 Å². The Morgan fingerprint density at radius 2 is 1.75 bits per heavy atom.